The number of anilines is 1. The van der Waals surface area contributed by atoms with Crippen molar-refractivity contribution in [1.29, 1.82) is 0 Å². The number of ether oxygens (including phenoxy) is 2. The molecule has 5 nitrogen and oxygen atoms in total. The molecule has 2 rings (SSSR count). The van der Waals surface area contributed by atoms with Crippen LogP contribution in [0.4, 0.5) is 5.69 Å². The number of carbonyl (C=O) groups excluding carboxylic acids is 2. The van der Waals surface area contributed by atoms with Crippen LogP contribution in [0.3, 0.4) is 0 Å². The number of amides is 1. The van der Waals surface area contributed by atoms with Crippen molar-refractivity contribution in [2.75, 3.05) is 18.5 Å². The van der Waals surface area contributed by atoms with Crippen LogP contribution in [0.1, 0.15) is 56.5 Å². The SMILES string of the molecule is CCOC(=O)c1ccc(NC(=O)CCCOc2ccc(C(C)(C)C)cc2)cc1. The van der Waals surface area contributed by atoms with Gasteiger partial charge in [0.2, 0.25) is 5.91 Å². The van der Waals surface area contributed by atoms with Crippen LogP contribution < -0.4 is 10.1 Å². The Bertz CT molecular complexity index is 774. The van der Waals surface area contributed by atoms with Crippen LogP contribution in [-0.4, -0.2) is 25.1 Å². The highest BCUT2D eigenvalue weighted by atomic mass is 16.5. The second kappa shape index (κ2) is 9.93. The van der Waals surface area contributed by atoms with Crippen LogP contribution in [-0.2, 0) is 14.9 Å². The minimum Gasteiger partial charge on any atom is -0.494 e. The van der Waals surface area contributed by atoms with Crippen LogP contribution in [0, 0.1) is 0 Å². The predicted octanol–water partition coefficient (Wildman–Crippen LogP) is 4.96. The lowest BCUT2D eigenvalue weighted by molar-refractivity contribution is -0.116. The molecule has 0 spiro atoms. The van der Waals surface area contributed by atoms with Crippen LogP contribution in [0.15, 0.2) is 48.5 Å². The van der Waals surface area contributed by atoms with E-state index < -0.39 is 0 Å². The lowest BCUT2D eigenvalue weighted by Crippen LogP contribution is -2.13. The molecule has 0 unspecified atom stereocenters. The predicted molar refractivity (Wildman–Crippen MR) is 111 cm³/mol. The van der Waals surface area contributed by atoms with E-state index in [-0.39, 0.29) is 17.3 Å². The molecule has 0 atom stereocenters. The second-order valence-corrected chi connectivity index (χ2v) is 7.57. The summed E-state index contributed by atoms with van der Waals surface area (Å²) in [6.07, 6.45) is 0.980. The van der Waals surface area contributed by atoms with Crippen molar-refractivity contribution >= 4 is 17.6 Å². The van der Waals surface area contributed by atoms with E-state index >= 15 is 0 Å². The highest BCUT2D eigenvalue weighted by molar-refractivity contribution is 5.93. The molecule has 0 saturated carbocycles. The van der Waals surface area contributed by atoms with Gasteiger partial charge in [0.15, 0.2) is 0 Å². The third-order valence-corrected chi connectivity index (χ3v) is 4.22. The number of hydrogen-bond acceptors (Lipinski definition) is 4. The molecule has 1 N–H and O–H groups in total. The van der Waals surface area contributed by atoms with E-state index in [1.165, 1.54) is 5.56 Å². The molecule has 150 valence electrons. The zero-order valence-electron chi connectivity index (χ0n) is 17.1. The Morgan fingerprint density at radius 1 is 0.964 bits per heavy atom. The zero-order valence-corrected chi connectivity index (χ0v) is 17.1. The van der Waals surface area contributed by atoms with Crippen molar-refractivity contribution in [3.8, 4) is 5.75 Å². The zero-order chi connectivity index (χ0) is 20.6. The summed E-state index contributed by atoms with van der Waals surface area (Å²) in [7, 11) is 0. The Morgan fingerprint density at radius 2 is 1.61 bits per heavy atom. The van der Waals surface area contributed by atoms with Crippen molar-refractivity contribution in [2.24, 2.45) is 0 Å². The molecule has 0 aliphatic carbocycles. The smallest absolute Gasteiger partial charge is 0.338 e. The molecule has 0 aliphatic heterocycles. The van der Waals surface area contributed by atoms with E-state index in [0.29, 0.717) is 37.3 Å². The lowest BCUT2D eigenvalue weighted by Gasteiger charge is -2.19. The van der Waals surface area contributed by atoms with Crippen molar-refractivity contribution < 1.29 is 19.1 Å². The van der Waals surface area contributed by atoms with Crippen LogP contribution in [0.2, 0.25) is 0 Å². The molecule has 2 aromatic rings. The monoisotopic (exact) mass is 383 g/mol. The average molecular weight is 383 g/mol. The quantitative estimate of drug-likeness (QED) is 0.517. The molecule has 5 heteroatoms. The Labute approximate surface area is 167 Å². The number of hydrogen-bond donors (Lipinski definition) is 1. The molecule has 28 heavy (non-hydrogen) atoms. The second-order valence-electron chi connectivity index (χ2n) is 7.57. The van der Waals surface area contributed by atoms with Crippen molar-refractivity contribution in [2.45, 2.75) is 46.0 Å². The summed E-state index contributed by atoms with van der Waals surface area (Å²) in [5.74, 6) is 0.353. The summed E-state index contributed by atoms with van der Waals surface area (Å²) >= 11 is 0. The van der Waals surface area contributed by atoms with Gasteiger partial charge in [-0.15, -0.1) is 0 Å². The van der Waals surface area contributed by atoms with Gasteiger partial charge in [0.1, 0.15) is 5.75 Å². The van der Waals surface area contributed by atoms with Gasteiger partial charge in [-0.05, 0) is 60.7 Å². The fraction of sp³-hybridized carbons (Fsp3) is 0.391. The summed E-state index contributed by atoms with van der Waals surface area (Å²) in [4.78, 5) is 23.7. The van der Waals surface area contributed by atoms with Gasteiger partial charge < -0.3 is 14.8 Å². The van der Waals surface area contributed by atoms with Crippen molar-refractivity contribution in [3.05, 3.63) is 59.7 Å². The Hall–Kier alpha value is -2.82. The summed E-state index contributed by atoms with van der Waals surface area (Å²) in [5.41, 5.74) is 2.49. The van der Waals surface area contributed by atoms with Gasteiger partial charge in [0.05, 0.1) is 18.8 Å². The number of nitrogens with one attached hydrogen (secondary N) is 1. The number of rotatable bonds is 8. The first kappa shape index (κ1) is 21.5. The van der Waals surface area contributed by atoms with Gasteiger partial charge in [-0.1, -0.05) is 32.9 Å². The van der Waals surface area contributed by atoms with Gasteiger partial charge in [-0.3, -0.25) is 4.79 Å². The van der Waals surface area contributed by atoms with E-state index in [1.807, 2.05) is 12.1 Å². The molecule has 0 fully saturated rings. The summed E-state index contributed by atoms with van der Waals surface area (Å²) < 4.78 is 10.6. The van der Waals surface area contributed by atoms with E-state index in [1.54, 1.807) is 31.2 Å². The maximum Gasteiger partial charge on any atom is 0.338 e. The van der Waals surface area contributed by atoms with Gasteiger partial charge in [0, 0.05) is 12.1 Å². The molecular weight excluding hydrogens is 354 g/mol. The topological polar surface area (TPSA) is 64.6 Å². The molecule has 0 aromatic heterocycles. The Morgan fingerprint density at radius 3 is 2.18 bits per heavy atom. The first-order chi connectivity index (χ1) is 13.3. The minimum atomic E-state index is -0.368. The molecule has 0 radical (unpaired) electrons. The van der Waals surface area contributed by atoms with Crippen LogP contribution in [0.25, 0.3) is 0 Å². The highest BCUT2D eigenvalue weighted by Gasteiger charge is 2.13. The first-order valence-electron chi connectivity index (χ1n) is 9.60. The molecular formula is C23H29NO4. The standard InChI is InChI=1S/C23H29NO4/c1-5-27-22(26)17-8-12-19(13-9-17)24-21(25)7-6-16-28-20-14-10-18(11-15-20)23(2,3)4/h8-15H,5-7,16H2,1-4H3,(H,24,25). The molecule has 2 aromatic carbocycles. The summed E-state index contributed by atoms with van der Waals surface area (Å²) in [6, 6.07) is 14.7. The average Bonchev–Trinajstić information content (AvgIpc) is 2.66. The number of esters is 1. The Balaban J connectivity index is 1.72. The fourth-order valence-corrected chi connectivity index (χ4v) is 2.60. The Kier molecular flexibility index (Phi) is 7.61. The van der Waals surface area contributed by atoms with Gasteiger partial charge in [0.25, 0.3) is 0 Å². The van der Waals surface area contributed by atoms with Crippen LogP contribution >= 0.6 is 0 Å². The molecule has 0 bridgehead atoms. The molecule has 1 amide bonds. The number of benzene rings is 2. The van der Waals surface area contributed by atoms with Gasteiger partial charge in [-0.2, -0.15) is 0 Å². The normalized spacial score (nSPS) is 11.0. The largest absolute Gasteiger partial charge is 0.494 e. The van der Waals surface area contributed by atoms with E-state index in [4.69, 9.17) is 9.47 Å². The van der Waals surface area contributed by atoms with Crippen molar-refractivity contribution in [1.82, 2.24) is 0 Å². The minimum absolute atomic E-state index is 0.0874. The molecule has 0 heterocycles. The van der Waals surface area contributed by atoms with Crippen molar-refractivity contribution in [3.63, 3.8) is 0 Å². The van der Waals surface area contributed by atoms with E-state index in [2.05, 4.69) is 38.2 Å². The molecule has 0 saturated heterocycles. The van der Waals surface area contributed by atoms with Crippen LogP contribution in [0.5, 0.6) is 5.75 Å². The summed E-state index contributed by atoms with van der Waals surface area (Å²) in [5, 5.41) is 2.82. The lowest BCUT2D eigenvalue weighted by atomic mass is 9.87. The van der Waals surface area contributed by atoms with Gasteiger partial charge in [-0.25, -0.2) is 4.79 Å². The maximum atomic E-state index is 12.0. The third kappa shape index (κ3) is 6.72. The fourth-order valence-electron chi connectivity index (χ4n) is 2.60. The number of carbonyl (C=O) groups is 2. The summed E-state index contributed by atoms with van der Waals surface area (Å²) in [6.45, 7) is 9.09. The maximum absolute atomic E-state index is 12.0. The third-order valence-electron chi connectivity index (χ3n) is 4.22. The first-order valence-corrected chi connectivity index (χ1v) is 9.60. The van der Waals surface area contributed by atoms with Gasteiger partial charge >= 0.3 is 5.97 Å². The highest BCUT2D eigenvalue weighted by Crippen LogP contribution is 2.24. The van der Waals surface area contributed by atoms with E-state index in [9.17, 15) is 9.59 Å². The van der Waals surface area contributed by atoms with E-state index in [0.717, 1.165) is 5.75 Å². The molecule has 0 aliphatic rings.